The number of ether oxygens (including phenoxy) is 1. The third-order valence-corrected chi connectivity index (χ3v) is 3.61. The van der Waals surface area contributed by atoms with Gasteiger partial charge in [-0.15, -0.1) is 0 Å². The number of rotatable bonds is 6. The number of amides is 2. The highest BCUT2D eigenvalue weighted by Gasteiger charge is 2.31. The molecule has 0 heterocycles. The fraction of sp³-hybridized carbons (Fsp3) is 0.467. The molecular formula is C15H21N3O3. The Morgan fingerprint density at radius 1 is 1.29 bits per heavy atom. The second kappa shape index (κ2) is 6.58. The fourth-order valence-electron chi connectivity index (χ4n) is 2.60. The van der Waals surface area contributed by atoms with Gasteiger partial charge in [-0.3, -0.25) is 9.59 Å². The van der Waals surface area contributed by atoms with Gasteiger partial charge in [-0.2, -0.15) is 0 Å². The average molecular weight is 291 g/mol. The summed E-state index contributed by atoms with van der Waals surface area (Å²) in [5.74, 6) is -0.169. The highest BCUT2D eigenvalue weighted by molar-refractivity contribution is 5.91. The van der Waals surface area contributed by atoms with Gasteiger partial charge in [0.05, 0.1) is 0 Å². The van der Waals surface area contributed by atoms with Crippen LogP contribution in [-0.4, -0.2) is 24.0 Å². The summed E-state index contributed by atoms with van der Waals surface area (Å²) in [5.41, 5.74) is 11.4. The lowest BCUT2D eigenvalue weighted by atomic mass is 9.94. The van der Waals surface area contributed by atoms with Crippen molar-refractivity contribution in [3.63, 3.8) is 0 Å². The smallest absolute Gasteiger partial charge is 0.255 e. The van der Waals surface area contributed by atoms with Crippen molar-refractivity contribution in [2.45, 2.75) is 37.6 Å². The van der Waals surface area contributed by atoms with Crippen LogP contribution in [-0.2, 0) is 9.59 Å². The molecule has 0 bridgehead atoms. The van der Waals surface area contributed by atoms with Crippen LogP contribution in [0, 0.1) is 0 Å². The number of benzene rings is 1. The number of hydrogen-bond donors (Lipinski definition) is 3. The molecule has 0 saturated heterocycles. The molecular weight excluding hydrogens is 270 g/mol. The summed E-state index contributed by atoms with van der Waals surface area (Å²) in [7, 11) is 0. The third-order valence-electron chi connectivity index (χ3n) is 3.61. The summed E-state index contributed by atoms with van der Waals surface area (Å²) in [5, 5.41) is 2.81. The molecule has 5 N–H and O–H groups in total. The van der Waals surface area contributed by atoms with Gasteiger partial charge in [-0.1, -0.05) is 18.9 Å². The summed E-state index contributed by atoms with van der Waals surface area (Å²) in [4.78, 5) is 22.7. The first-order valence-electron chi connectivity index (χ1n) is 7.07. The SMILES string of the molecule is NC(=O)COc1cccc(NC(=O)CC2(N)CCCC2)c1. The van der Waals surface area contributed by atoms with Crippen LogP contribution in [0.4, 0.5) is 5.69 Å². The van der Waals surface area contributed by atoms with Crippen molar-refractivity contribution in [3.05, 3.63) is 24.3 Å². The first-order chi connectivity index (χ1) is 9.97. The maximum absolute atomic E-state index is 12.0. The second-order valence-corrected chi connectivity index (χ2v) is 5.58. The highest BCUT2D eigenvalue weighted by Crippen LogP contribution is 2.30. The van der Waals surface area contributed by atoms with Crippen LogP contribution >= 0.6 is 0 Å². The largest absolute Gasteiger partial charge is 0.484 e. The third kappa shape index (κ3) is 4.75. The maximum atomic E-state index is 12.0. The molecule has 1 saturated carbocycles. The van der Waals surface area contributed by atoms with Crippen LogP contribution in [0.25, 0.3) is 0 Å². The van der Waals surface area contributed by atoms with Gasteiger partial charge in [0.1, 0.15) is 5.75 Å². The van der Waals surface area contributed by atoms with Gasteiger partial charge in [0.2, 0.25) is 5.91 Å². The molecule has 2 rings (SSSR count). The molecule has 6 nitrogen and oxygen atoms in total. The Bertz CT molecular complexity index is 525. The van der Waals surface area contributed by atoms with Crippen molar-refractivity contribution >= 4 is 17.5 Å². The first kappa shape index (κ1) is 15.3. The van der Waals surface area contributed by atoms with Gasteiger partial charge in [0, 0.05) is 23.7 Å². The second-order valence-electron chi connectivity index (χ2n) is 5.58. The molecule has 0 spiro atoms. The summed E-state index contributed by atoms with van der Waals surface area (Å²) >= 11 is 0. The standard InChI is InChI=1S/C15H21N3O3/c16-13(19)10-21-12-5-3-4-11(8-12)18-14(20)9-15(17)6-1-2-7-15/h3-5,8H,1-2,6-7,9-10,17H2,(H2,16,19)(H,18,20). The number of carbonyl (C=O) groups is 2. The van der Waals surface area contributed by atoms with E-state index in [1.54, 1.807) is 24.3 Å². The molecule has 0 radical (unpaired) electrons. The van der Waals surface area contributed by atoms with Crippen molar-refractivity contribution in [1.29, 1.82) is 0 Å². The summed E-state index contributed by atoms with van der Waals surface area (Å²) in [6, 6.07) is 6.84. The van der Waals surface area contributed by atoms with E-state index in [-0.39, 0.29) is 18.1 Å². The average Bonchev–Trinajstić information content (AvgIpc) is 2.83. The van der Waals surface area contributed by atoms with Gasteiger partial charge >= 0.3 is 0 Å². The van der Waals surface area contributed by atoms with Crippen LogP contribution in [0.5, 0.6) is 5.75 Å². The Balaban J connectivity index is 1.91. The molecule has 2 amide bonds. The van der Waals surface area contributed by atoms with Gasteiger partial charge in [0.25, 0.3) is 5.91 Å². The quantitative estimate of drug-likeness (QED) is 0.730. The van der Waals surface area contributed by atoms with Crippen LogP contribution < -0.4 is 21.5 Å². The molecule has 1 aromatic rings. The zero-order valence-corrected chi connectivity index (χ0v) is 11.9. The Kier molecular flexibility index (Phi) is 4.80. The van der Waals surface area contributed by atoms with E-state index >= 15 is 0 Å². The molecule has 1 aromatic carbocycles. The number of primary amides is 1. The van der Waals surface area contributed by atoms with Crippen LogP contribution in [0.15, 0.2) is 24.3 Å². The van der Waals surface area contributed by atoms with Gasteiger partial charge < -0.3 is 21.5 Å². The van der Waals surface area contributed by atoms with E-state index < -0.39 is 5.91 Å². The number of hydrogen-bond acceptors (Lipinski definition) is 4. The minimum Gasteiger partial charge on any atom is -0.484 e. The van der Waals surface area contributed by atoms with Crippen molar-refractivity contribution in [1.82, 2.24) is 0 Å². The summed E-state index contributed by atoms with van der Waals surface area (Å²) in [6.45, 7) is -0.191. The van der Waals surface area contributed by atoms with E-state index in [1.165, 1.54) is 0 Å². The zero-order valence-electron chi connectivity index (χ0n) is 11.9. The predicted octanol–water partition coefficient (Wildman–Crippen LogP) is 1.15. The van der Waals surface area contributed by atoms with Crippen LogP contribution in [0.3, 0.4) is 0 Å². The Hall–Kier alpha value is -2.08. The normalized spacial score (nSPS) is 16.4. The monoisotopic (exact) mass is 291 g/mol. The lowest BCUT2D eigenvalue weighted by Gasteiger charge is -2.22. The topological polar surface area (TPSA) is 107 Å². The molecule has 114 valence electrons. The minimum absolute atomic E-state index is 0.105. The van der Waals surface area contributed by atoms with E-state index in [9.17, 15) is 9.59 Å². The predicted molar refractivity (Wildman–Crippen MR) is 79.8 cm³/mol. The molecule has 1 aliphatic carbocycles. The van der Waals surface area contributed by atoms with Crippen LogP contribution in [0.2, 0.25) is 0 Å². The molecule has 1 aliphatic rings. The van der Waals surface area contributed by atoms with Crippen molar-refractivity contribution in [2.75, 3.05) is 11.9 Å². The van der Waals surface area contributed by atoms with Crippen LogP contribution in [0.1, 0.15) is 32.1 Å². The van der Waals surface area contributed by atoms with Gasteiger partial charge in [-0.25, -0.2) is 0 Å². The highest BCUT2D eigenvalue weighted by atomic mass is 16.5. The summed E-state index contributed by atoms with van der Waals surface area (Å²) in [6.07, 6.45) is 4.27. The minimum atomic E-state index is -0.546. The molecule has 6 heteroatoms. The van der Waals surface area contributed by atoms with Crippen molar-refractivity contribution < 1.29 is 14.3 Å². The van der Waals surface area contributed by atoms with E-state index in [1.807, 2.05) is 0 Å². The number of anilines is 1. The molecule has 0 aromatic heterocycles. The number of carbonyl (C=O) groups excluding carboxylic acids is 2. The fourth-order valence-corrected chi connectivity index (χ4v) is 2.60. The van der Waals surface area contributed by atoms with E-state index in [0.717, 1.165) is 25.7 Å². The molecule has 21 heavy (non-hydrogen) atoms. The van der Waals surface area contributed by atoms with E-state index in [4.69, 9.17) is 16.2 Å². The number of nitrogens with one attached hydrogen (secondary N) is 1. The Morgan fingerprint density at radius 2 is 2.00 bits per heavy atom. The van der Waals surface area contributed by atoms with Crippen molar-refractivity contribution in [2.24, 2.45) is 11.5 Å². The lowest BCUT2D eigenvalue weighted by molar-refractivity contribution is -0.120. The lowest BCUT2D eigenvalue weighted by Crippen LogP contribution is -2.40. The van der Waals surface area contributed by atoms with E-state index in [0.29, 0.717) is 17.9 Å². The molecule has 0 aliphatic heterocycles. The summed E-state index contributed by atoms with van der Waals surface area (Å²) < 4.78 is 5.19. The Labute approximate surface area is 123 Å². The Morgan fingerprint density at radius 3 is 2.67 bits per heavy atom. The van der Waals surface area contributed by atoms with Crippen molar-refractivity contribution in [3.8, 4) is 5.75 Å². The molecule has 0 atom stereocenters. The first-order valence-corrected chi connectivity index (χ1v) is 7.07. The molecule has 0 unspecified atom stereocenters. The van der Waals surface area contributed by atoms with Gasteiger partial charge in [0.15, 0.2) is 6.61 Å². The maximum Gasteiger partial charge on any atom is 0.255 e. The van der Waals surface area contributed by atoms with E-state index in [2.05, 4.69) is 5.32 Å². The number of nitrogens with two attached hydrogens (primary N) is 2. The molecule has 1 fully saturated rings. The van der Waals surface area contributed by atoms with Gasteiger partial charge in [-0.05, 0) is 25.0 Å². The zero-order chi connectivity index (χ0) is 15.3.